The molecular weight excluding hydrogens is 286 g/mol. The summed E-state index contributed by atoms with van der Waals surface area (Å²) in [7, 11) is -3.35. The van der Waals surface area contributed by atoms with E-state index in [1.165, 1.54) is 0 Å². The standard InChI is InChI=1S/C15H23N3O2S/c1-11-9-18(10-12(2)16-11)14-5-7-15(8-6-14)21(19,20)17-13-3-4-13/h5-8,11-13,16-17H,3-4,9-10H2,1-2H3. The molecule has 1 saturated carbocycles. The Hall–Kier alpha value is -1.11. The first-order valence-corrected chi connectivity index (χ1v) is 9.06. The van der Waals surface area contributed by atoms with Crippen molar-refractivity contribution in [2.24, 2.45) is 0 Å². The Morgan fingerprint density at radius 2 is 1.67 bits per heavy atom. The summed E-state index contributed by atoms with van der Waals surface area (Å²) >= 11 is 0. The molecule has 1 aromatic carbocycles. The van der Waals surface area contributed by atoms with Gasteiger partial charge in [0.1, 0.15) is 0 Å². The van der Waals surface area contributed by atoms with E-state index in [-0.39, 0.29) is 6.04 Å². The molecule has 0 amide bonds. The second-order valence-electron chi connectivity index (χ2n) is 6.26. The van der Waals surface area contributed by atoms with E-state index in [0.29, 0.717) is 17.0 Å². The van der Waals surface area contributed by atoms with Crippen LogP contribution in [0.3, 0.4) is 0 Å². The van der Waals surface area contributed by atoms with Gasteiger partial charge in [0.05, 0.1) is 4.90 Å². The molecule has 5 nitrogen and oxygen atoms in total. The molecule has 1 saturated heterocycles. The minimum Gasteiger partial charge on any atom is -0.368 e. The van der Waals surface area contributed by atoms with Crippen molar-refractivity contribution in [2.75, 3.05) is 18.0 Å². The van der Waals surface area contributed by atoms with Gasteiger partial charge >= 0.3 is 0 Å². The van der Waals surface area contributed by atoms with Crippen LogP contribution >= 0.6 is 0 Å². The molecule has 1 aliphatic heterocycles. The highest BCUT2D eigenvalue weighted by atomic mass is 32.2. The molecular formula is C15H23N3O2S. The maximum Gasteiger partial charge on any atom is 0.240 e. The topological polar surface area (TPSA) is 61.4 Å². The van der Waals surface area contributed by atoms with Gasteiger partial charge in [-0.25, -0.2) is 13.1 Å². The van der Waals surface area contributed by atoms with Crippen molar-refractivity contribution in [3.05, 3.63) is 24.3 Å². The van der Waals surface area contributed by atoms with Crippen LogP contribution in [0.2, 0.25) is 0 Å². The lowest BCUT2D eigenvalue weighted by Crippen LogP contribution is -2.54. The smallest absolute Gasteiger partial charge is 0.240 e. The van der Waals surface area contributed by atoms with Gasteiger partial charge in [0.2, 0.25) is 10.0 Å². The van der Waals surface area contributed by atoms with Gasteiger partial charge in [-0.2, -0.15) is 0 Å². The van der Waals surface area contributed by atoms with Crippen LogP contribution in [-0.4, -0.2) is 39.6 Å². The summed E-state index contributed by atoms with van der Waals surface area (Å²) in [5, 5.41) is 3.50. The summed E-state index contributed by atoms with van der Waals surface area (Å²) < 4.78 is 27.0. The summed E-state index contributed by atoms with van der Waals surface area (Å²) in [5.74, 6) is 0. The number of benzene rings is 1. The predicted molar refractivity (Wildman–Crippen MR) is 84.1 cm³/mol. The second-order valence-corrected chi connectivity index (χ2v) is 7.98. The minimum atomic E-state index is -3.35. The van der Waals surface area contributed by atoms with Crippen molar-refractivity contribution in [2.45, 2.75) is 49.7 Å². The molecule has 0 radical (unpaired) electrons. The molecule has 3 rings (SSSR count). The van der Waals surface area contributed by atoms with Crippen LogP contribution in [-0.2, 0) is 10.0 Å². The highest BCUT2D eigenvalue weighted by Gasteiger charge is 2.28. The van der Waals surface area contributed by atoms with Crippen LogP contribution in [0, 0.1) is 0 Å². The number of sulfonamides is 1. The Labute approximate surface area is 126 Å². The highest BCUT2D eigenvalue weighted by Crippen LogP contribution is 2.24. The summed E-state index contributed by atoms with van der Waals surface area (Å²) in [6, 6.07) is 8.25. The van der Waals surface area contributed by atoms with Gasteiger partial charge in [-0.15, -0.1) is 0 Å². The molecule has 21 heavy (non-hydrogen) atoms. The molecule has 2 unspecified atom stereocenters. The number of nitrogens with zero attached hydrogens (tertiary/aromatic N) is 1. The second kappa shape index (κ2) is 5.59. The van der Waals surface area contributed by atoms with Crippen molar-refractivity contribution in [1.82, 2.24) is 10.0 Å². The lowest BCUT2D eigenvalue weighted by atomic mass is 10.1. The highest BCUT2D eigenvalue weighted by molar-refractivity contribution is 7.89. The number of hydrogen-bond donors (Lipinski definition) is 2. The molecule has 1 aliphatic carbocycles. The lowest BCUT2D eigenvalue weighted by Gasteiger charge is -2.37. The predicted octanol–water partition coefficient (Wildman–Crippen LogP) is 1.31. The molecule has 1 aromatic rings. The summed E-state index contributed by atoms with van der Waals surface area (Å²) in [6.07, 6.45) is 1.90. The number of anilines is 1. The zero-order chi connectivity index (χ0) is 15.0. The first-order chi connectivity index (χ1) is 9.94. The van der Waals surface area contributed by atoms with Crippen molar-refractivity contribution < 1.29 is 8.42 Å². The SMILES string of the molecule is CC1CN(c2ccc(S(=O)(=O)NC3CC3)cc2)CC(C)N1. The third-order valence-electron chi connectivity index (χ3n) is 3.97. The van der Waals surface area contributed by atoms with Crippen LogP contribution in [0.4, 0.5) is 5.69 Å². The molecule has 0 aromatic heterocycles. The van der Waals surface area contributed by atoms with E-state index in [0.717, 1.165) is 31.6 Å². The Morgan fingerprint density at radius 1 is 1.10 bits per heavy atom. The van der Waals surface area contributed by atoms with E-state index in [1.807, 2.05) is 12.1 Å². The summed E-state index contributed by atoms with van der Waals surface area (Å²) in [5.41, 5.74) is 1.08. The van der Waals surface area contributed by atoms with Gasteiger partial charge < -0.3 is 10.2 Å². The van der Waals surface area contributed by atoms with Crippen LogP contribution in [0.5, 0.6) is 0 Å². The Bertz CT molecular complexity index is 586. The van der Waals surface area contributed by atoms with Crippen LogP contribution < -0.4 is 14.9 Å². The molecule has 2 fully saturated rings. The van der Waals surface area contributed by atoms with E-state index in [1.54, 1.807) is 12.1 Å². The molecule has 116 valence electrons. The largest absolute Gasteiger partial charge is 0.368 e. The quantitative estimate of drug-likeness (QED) is 0.880. The number of piperazine rings is 1. The average molecular weight is 309 g/mol. The van der Waals surface area contributed by atoms with Gasteiger partial charge in [0, 0.05) is 36.9 Å². The Kier molecular flexibility index (Phi) is 3.94. The summed E-state index contributed by atoms with van der Waals surface area (Å²) in [6.45, 7) is 6.22. The van der Waals surface area contributed by atoms with E-state index in [2.05, 4.69) is 28.8 Å². The first-order valence-electron chi connectivity index (χ1n) is 7.57. The van der Waals surface area contributed by atoms with E-state index in [4.69, 9.17) is 0 Å². The maximum absolute atomic E-state index is 12.1. The van der Waals surface area contributed by atoms with Gasteiger partial charge in [0.25, 0.3) is 0 Å². The van der Waals surface area contributed by atoms with Gasteiger partial charge in [0.15, 0.2) is 0 Å². The first kappa shape index (κ1) is 14.8. The van der Waals surface area contributed by atoms with E-state index >= 15 is 0 Å². The zero-order valence-corrected chi connectivity index (χ0v) is 13.4. The monoisotopic (exact) mass is 309 g/mol. The third-order valence-corrected chi connectivity index (χ3v) is 5.51. The molecule has 1 heterocycles. The van der Waals surface area contributed by atoms with Crippen molar-refractivity contribution >= 4 is 15.7 Å². The third kappa shape index (κ3) is 3.56. The van der Waals surface area contributed by atoms with E-state index < -0.39 is 10.0 Å². The van der Waals surface area contributed by atoms with Crippen molar-refractivity contribution in [1.29, 1.82) is 0 Å². The van der Waals surface area contributed by atoms with Gasteiger partial charge in [-0.05, 0) is 51.0 Å². The Balaban J connectivity index is 1.74. The molecule has 0 spiro atoms. The van der Waals surface area contributed by atoms with Crippen molar-refractivity contribution in [3.63, 3.8) is 0 Å². The van der Waals surface area contributed by atoms with Crippen LogP contribution in [0.15, 0.2) is 29.2 Å². The fraction of sp³-hybridized carbons (Fsp3) is 0.600. The Morgan fingerprint density at radius 3 is 2.19 bits per heavy atom. The van der Waals surface area contributed by atoms with Crippen LogP contribution in [0.1, 0.15) is 26.7 Å². The number of hydrogen-bond acceptors (Lipinski definition) is 4. The number of rotatable bonds is 4. The normalized spacial score (nSPS) is 26.9. The van der Waals surface area contributed by atoms with Crippen LogP contribution in [0.25, 0.3) is 0 Å². The zero-order valence-electron chi connectivity index (χ0n) is 12.5. The van der Waals surface area contributed by atoms with Gasteiger partial charge in [-0.1, -0.05) is 0 Å². The molecule has 2 N–H and O–H groups in total. The number of nitrogens with one attached hydrogen (secondary N) is 2. The molecule has 2 atom stereocenters. The fourth-order valence-electron chi connectivity index (χ4n) is 2.86. The molecule has 6 heteroatoms. The fourth-order valence-corrected chi connectivity index (χ4v) is 4.17. The summed E-state index contributed by atoms with van der Waals surface area (Å²) in [4.78, 5) is 2.66. The molecule has 0 bridgehead atoms. The lowest BCUT2D eigenvalue weighted by molar-refractivity contribution is 0.407. The minimum absolute atomic E-state index is 0.143. The molecule has 2 aliphatic rings. The van der Waals surface area contributed by atoms with Gasteiger partial charge in [-0.3, -0.25) is 0 Å². The van der Waals surface area contributed by atoms with E-state index in [9.17, 15) is 8.42 Å². The average Bonchev–Trinajstić information content (AvgIpc) is 3.21. The van der Waals surface area contributed by atoms with Crippen molar-refractivity contribution in [3.8, 4) is 0 Å². The maximum atomic E-state index is 12.1.